The maximum absolute atomic E-state index is 11.6. The molecule has 0 heterocycles. The second-order valence-corrected chi connectivity index (χ2v) is 5.25. The van der Waals surface area contributed by atoms with Gasteiger partial charge in [0.15, 0.2) is 0 Å². The Kier molecular flexibility index (Phi) is 7.96. The van der Waals surface area contributed by atoms with Crippen molar-refractivity contribution >= 4 is 27.8 Å². The number of ether oxygens (including phenoxy) is 2. The predicted octanol–water partition coefficient (Wildman–Crippen LogP) is 1.22. The standard InChI is InChI=1S/C14H18BrNO5/c1-20-5-6-21-9-13(17)16-12(14(18)19)8-10-3-2-4-11(15)7-10/h2-4,7,12H,5-6,8-9H2,1H3,(H,16,17)(H,18,19)/t12-/m0/s1. The maximum Gasteiger partial charge on any atom is 0.326 e. The van der Waals surface area contributed by atoms with Crippen molar-refractivity contribution < 1.29 is 24.2 Å². The molecular weight excluding hydrogens is 342 g/mol. The third kappa shape index (κ3) is 7.22. The molecule has 0 fully saturated rings. The van der Waals surface area contributed by atoms with E-state index in [0.717, 1.165) is 10.0 Å². The molecule has 2 N–H and O–H groups in total. The van der Waals surface area contributed by atoms with Gasteiger partial charge in [-0.3, -0.25) is 4.79 Å². The van der Waals surface area contributed by atoms with Gasteiger partial charge in [0, 0.05) is 18.0 Å². The van der Waals surface area contributed by atoms with Crippen LogP contribution in [0.2, 0.25) is 0 Å². The normalized spacial score (nSPS) is 11.9. The minimum atomic E-state index is -1.08. The fourth-order valence-electron chi connectivity index (χ4n) is 1.64. The van der Waals surface area contributed by atoms with E-state index in [1.165, 1.54) is 7.11 Å². The average Bonchev–Trinajstić information content (AvgIpc) is 2.43. The zero-order valence-corrected chi connectivity index (χ0v) is 13.3. The van der Waals surface area contributed by atoms with Crippen molar-refractivity contribution in [3.63, 3.8) is 0 Å². The molecule has 0 unspecified atom stereocenters. The lowest BCUT2D eigenvalue weighted by Gasteiger charge is -2.15. The Balaban J connectivity index is 2.50. The quantitative estimate of drug-likeness (QED) is 0.647. The zero-order chi connectivity index (χ0) is 15.7. The van der Waals surface area contributed by atoms with Crippen LogP contribution in [0, 0.1) is 0 Å². The van der Waals surface area contributed by atoms with Crippen LogP contribution in [-0.2, 0) is 25.5 Å². The monoisotopic (exact) mass is 359 g/mol. The number of halogens is 1. The molecule has 1 aromatic carbocycles. The molecule has 0 aliphatic heterocycles. The molecule has 0 aliphatic carbocycles. The van der Waals surface area contributed by atoms with Gasteiger partial charge in [-0.1, -0.05) is 28.1 Å². The molecule has 0 spiro atoms. The lowest BCUT2D eigenvalue weighted by atomic mass is 10.1. The van der Waals surface area contributed by atoms with E-state index in [0.29, 0.717) is 6.61 Å². The number of hydrogen-bond acceptors (Lipinski definition) is 4. The third-order valence-electron chi connectivity index (χ3n) is 2.63. The van der Waals surface area contributed by atoms with Gasteiger partial charge in [-0.2, -0.15) is 0 Å². The number of nitrogens with one attached hydrogen (secondary N) is 1. The first-order chi connectivity index (χ1) is 10.0. The Labute approximate surface area is 131 Å². The molecule has 0 saturated carbocycles. The van der Waals surface area contributed by atoms with E-state index in [4.69, 9.17) is 9.47 Å². The van der Waals surface area contributed by atoms with Gasteiger partial charge in [0.25, 0.3) is 0 Å². The average molecular weight is 360 g/mol. The van der Waals surface area contributed by atoms with Crippen LogP contribution < -0.4 is 5.32 Å². The number of methoxy groups -OCH3 is 1. The first-order valence-electron chi connectivity index (χ1n) is 6.36. The summed E-state index contributed by atoms with van der Waals surface area (Å²) < 4.78 is 10.7. The van der Waals surface area contributed by atoms with Crippen molar-refractivity contribution in [2.45, 2.75) is 12.5 Å². The summed E-state index contributed by atoms with van der Waals surface area (Å²) in [6.07, 6.45) is 0.207. The number of carboxylic acid groups (broad SMARTS) is 1. The summed E-state index contributed by atoms with van der Waals surface area (Å²) >= 11 is 3.32. The summed E-state index contributed by atoms with van der Waals surface area (Å²) in [7, 11) is 1.53. The van der Waals surface area contributed by atoms with Crippen molar-refractivity contribution in [1.29, 1.82) is 0 Å². The lowest BCUT2D eigenvalue weighted by Crippen LogP contribution is -2.44. The topological polar surface area (TPSA) is 84.9 Å². The number of carboxylic acids is 1. The third-order valence-corrected chi connectivity index (χ3v) is 3.12. The van der Waals surface area contributed by atoms with Gasteiger partial charge in [0.05, 0.1) is 13.2 Å². The summed E-state index contributed by atoms with van der Waals surface area (Å²) in [4.78, 5) is 22.8. The van der Waals surface area contributed by atoms with Gasteiger partial charge in [-0.25, -0.2) is 4.79 Å². The highest BCUT2D eigenvalue weighted by Gasteiger charge is 2.20. The fourth-order valence-corrected chi connectivity index (χ4v) is 2.09. The fraction of sp³-hybridized carbons (Fsp3) is 0.429. The highest BCUT2D eigenvalue weighted by atomic mass is 79.9. The summed E-state index contributed by atoms with van der Waals surface area (Å²) in [6.45, 7) is 0.479. The van der Waals surface area contributed by atoms with E-state index in [1.807, 2.05) is 24.3 Å². The number of amides is 1. The Hall–Kier alpha value is -1.44. The minimum Gasteiger partial charge on any atom is -0.480 e. The number of rotatable bonds is 9. The Morgan fingerprint density at radius 2 is 2.14 bits per heavy atom. The molecule has 1 atom stereocenters. The van der Waals surface area contributed by atoms with Gasteiger partial charge >= 0.3 is 5.97 Å². The van der Waals surface area contributed by atoms with E-state index < -0.39 is 17.9 Å². The Morgan fingerprint density at radius 1 is 1.38 bits per heavy atom. The van der Waals surface area contributed by atoms with Crippen molar-refractivity contribution in [2.24, 2.45) is 0 Å². The molecule has 0 radical (unpaired) electrons. The van der Waals surface area contributed by atoms with Crippen LogP contribution in [0.3, 0.4) is 0 Å². The van der Waals surface area contributed by atoms with E-state index in [1.54, 1.807) is 0 Å². The SMILES string of the molecule is COCCOCC(=O)N[C@@H](Cc1cccc(Br)c1)C(=O)O. The Bertz CT molecular complexity index is 480. The van der Waals surface area contributed by atoms with E-state index in [9.17, 15) is 14.7 Å². The second kappa shape index (κ2) is 9.49. The number of hydrogen-bond donors (Lipinski definition) is 2. The number of benzene rings is 1. The molecule has 0 saturated heterocycles. The van der Waals surface area contributed by atoms with Crippen molar-refractivity contribution in [1.82, 2.24) is 5.32 Å². The van der Waals surface area contributed by atoms with Crippen LogP contribution in [0.5, 0.6) is 0 Å². The van der Waals surface area contributed by atoms with Gasteiger partial charge in [0.1, 0.15) is 12.6 Å². The van der Waals surface area contributed by atoms with E-state index >= 15 is 0 Å². The van der Waals surface area contributed by atoms with E-state index in [2.05, 4.69) is 21.2 Å². The maximum atomic E-state index is 11.6. The van der Waals surface area contributed by atoms with Crippen LogP contribution in [0.15, 0.2) is 28.7 Å². The predicted molar refractivity (Wildman–Crippen MR) is 80.1 cm³/mol. The molecule has 1 rings (SSSR count). The van der Waals surface area contributed by atoms with Crippen molar-refractivity contribution in [3.8, 4) is 0 Å². The summed E-state index contributed by atoms with van der Waals surface area (Å²) in [5, 5.41) is 11.6. The minimum absolute atomic E-state index is 0.189. The first-order valence-corrected chi connectivity index (χ1v) is 7.15. The number of carbonyl (C=O) groups is 2. The summed E-state index contributed by atoms with van der Waals surface area (Å²) in [5.74, 6) is -1.55. The van der Waals surface area contributed by atoms with Gasteiger partial charge in [-0.15, -0.1) is 0 Å². The highest BCUT2D eigenvalue weighted by molar-refractivity contribution is 9.10. The molecule has 1 aromatic rings. The van der Waals surface area contributed by atoms with Gasteiger partial charge in [-0.05, 0) is 17.7 Å². The largest absolute Gasteiger partial charge is 0.480 e. The van der Waals surface area contributed by atoms with Crippen LogP contribution >= 0.6 is 15.9 Å². The van der Waals surface area contributed by atoms with Crippen LogP contribution in [-0.4, -0.2) is 50.0 Å². The molecule has 1 amide bonds. The molecule has 0 aromatic heterocycles. The molecular formula is C14H18BrNO5. The van der Waals surface area contributed by atoms with Crippen molar-refractivity contribution in [2.75, 3.05) is 26.9 Å². The number of aliphatic carboxylic acids is 1. The highest BCUT2D eigenvalue weighted by Crippen LogP contribution is 2.13. The first kappa shape index (κ1) is 17.6. The van der Waals surface area contributed by atoms with Crippen LogP contribution in [0.1, 0.15) is 5.56 Å². The second-order valence-electron chi connectivity index (χ2n) is 4.34. The van der Waals surface area contributed by atoms with Crippen molar-refractivity contribution in [3.05, 3.63) is 34.3 Å². The molecule has 7 heteroatoms. The van der Waals surface area contributed by atoms with E-state index in [-0.39, 0.29) is 19.6 Å². The smallest absolute Gasteiger partial charge is 0.326 e. The lowest BCUT2D eigenvalue weighted by molar-refractivity contribution is -0.142. The summed E-state index contributed by atoms with van der Waals surface area (Å²) in [5.41, 5.74) is 0.817. The molecule has 6 nitrogen and oxygen atoms in total. The van der Waals surface area contributed by atoms with Gasteiger partial charge < -0.3 is 19.9 Å². The molecule has 21 heavy (non-hydrogen) atoms. The zero-order valence-electron chi connectivity index (χ0n) is 11.7. The Morgan fingerprint density at radius 3 is 2.76 bits per heavy atom. The van der Waals surface area contributed by atoms with Crippen LogP contribution in [0.4, 0.5) is 0 Å². The summed E-state index contributed by atoms with van der Waals surface area (Å²) in [6, 6.07) is 6.30. The number of carbonyl (C=O) groups excluding carboxylic acids is 1. The van der Waals surface area contributed by atoms with Crippen LogP contribution in [0.25, 0.3) is 0 Å². The molecule has 0 bridgehead atoms. The van der Waals surface area contributed by atoms with Gasteiger partial charge in [0.2, 0.25) is 5.91 Å². The molecule has 116 valence electrons. The molecule has 0 aliphatic rings.